The summed E-state index contributed by atoms with van der Waals surface area (Å²) in [7, 11) is 0. The van der Waals surface area contributed by atoms with Crippen LogP contribution in [0.4, 0.5) is 11.4 Å². The fourth-order valence-electron chi connectivity index (χ4n) is 6.75. The van der Waals surface area contributed by atoms with Gasteiger partial charge >= 0.3 is 0 Å². The van der Waals surface area contributed by atoms with Crippen LogP contribution in [0.3, 0.4) is 0 Å². The maximum atomic E-state index is 7.04. The highest BCUT2D eigenvalue weighted by molar-refractivity contribution is 5.96. The molecule has 0 N–H and O–H groups in total. The van der Waals surface area contributed by atoms with Crippen LogP contribution in [0.1, 0.15) is 61.6 Å². The van der Waals surface area contributed by atoms with Gasteiger partial charge in [-0.05, 0) is 78.9 Å². The first kappa shape index (κ1) is 24.3. The molecule has 0 bridgehead atoms. The Bertz CT molecular complexity index is 1460. The molecule has 39 heavy (non-hydrogen) atoms. The molecule has 4 aromatic carbocycles. The molecule has 7 rings (SSSR count). The maximum Gasteiger partial charge on any atom is 0.178 e. The summed E-state index contributed by atoms with van der Waals surface area (Å²) in [5.74, 6) is 0.940. The zero-order valence-corrected chi connectivity index (χ0v) is 22.8. The van der Waals surface area contributed by atoms with Crippen LogP contribution in [-0.4, -0.2) is 26.2 Å². The van der Waals surface area contributed by atoms with Crippen molar-refractivity contribution in [2.24, 2.45) is 0 Å². The molecule has 1 unspecified atom stereocenters. The molecule has 0 amide bonds. The normalized spacial score (nSPS) is 21.3. The van der Waals surface area contributed by atoms with Gasteiger partial charge in [0.05, 0.1) is 0 Å². The van der Waals surface area contributed by atoms with E-state index in [-0.39, 0.29) is 0 Å². The maximum absolute atomic E-state index is 7.04. The van der Waals surface area contributed by atoms with E-state index in [1.54, 1.807) is 0 Å². The Kier molecular flexibility index (Phi) is 6.52. The Morgan fingerprint density at radius 1 is 0.564 bits per heavy atom. The van der Waals surface area contributed by atoms with Crippen LogP contribution < -0.4 is 14.5 Å². The Morgan fingerprint density at radius 2 is 1.18 bits per heavy atom. The lowest BCUT2D eigenvalue weighted by Crippen LogP contribution is -2.34. The summed E-state index contributed by atoms with van der Waals surface area (Å²) in [5.41, 5.74) is 5.48. The minimum atomic E-state index is -0.660. The van der Waals surface area contributed by atoms with Crippen molar-refractivity contribution in [3.8, 4) is 5.75 Å². The van der Waals surface area contributed by atoms with Gasteiger partial charge in [0, 0.05) is 54.2 Å². The number of nitrogens with zero attached hydrogens (tertiary/aromatic N) is 2. The van der Waals surface area contributed by atoms with E-state index in [1.807, 2.05) is 0 Å². The molecule has 4 aromatic rings. The van der Waals surface area contributed by atoms with Crippen LogP contribution in [0.15, 0.2) is 91.0 Å². The number of hydrogen-bond acceptors (Lipinski definition) is 3. The van der Waals surface area contributed by atoms with E-state index >= 15 is 0 Å². The summed E-state index contributed by atoms with van der Waals surface area (Å²) >= 11 is 0. The van der Waals surface area contributed by atoms with Gasteiger partial charge < -0.3 is 14.5 Å². The van der Waals surface area contributed by atoms with Crippen molar-refractivity contribution in [3.63, 3.8) is 0 Å². The average Bonchev–Trinajstić information content (AvgIpc) is 3.52. The van der Waals surface area contributed by atoms with Crippen molar-refractivity contribution in [1.29, 1.82) is 0 Å². The molecular weight excluding hydrogens is 476 g/mol. The van der Waals surface area contributed by atoms with E-state index in [0.717, 1.165) is 43.1 Å². The van der Waals surface area contributed by atoms with Gasteiger partial charge in [0.1, 0.15) is 5.75 Å². The number of anilines is 2. The second-order valence-electron chi connectivity index (χ2n) is 11.4. The van der Waals surface area contributed by atoms with Crippen molar-refractivity contribution in [2.45, 2.75) is 50.5 Å². The third kappa shape index (κ3) is 4.58. The van der Waals surface area contributed by atoms with E-state index in [1.165, 1.54) is 72.7 Å². The molecule has 0 spiro atoms. The number of fused-ring (bicyclic) bond motifs is 3. The number of rotatable bonds is 4. The quantitative estimate of drug-likeness (QED) is 0.271. The zero-order chi connectivity index (χ0) is 26.1. The van der Waals surface area contributed by atoms with Gasteiger partial charge in [0.2, 0.25) is 0 Å². The number of hydrogen-bond donors (Lipinski definition) is 0. The lowest BCUT2D eigenvalue weighted by atomic mass is 9.83. The summed E-state index contributed by atoms with van der Waals surface area (Å²) in [6.07, 6.45) is 13.8. The number of benzene rings is 4. The lowest BCUT2D eigenvalue weighted by molar-refractivity contribution is 0.161. The summed E-state index contributed by atoms with van der Waals surface area (Å²) in [5, 5.41) is 2.53. The van der Waals surface area contributed by atoms with Crippen LogP contribution in [0, 0.1) is 0 Å². The molecule has 3 aliphatic rings. The van der Waals surface area contributed by atoms with Crippen molar-refractivity contribution < 1.29 is 4.74 Å². The van der Waals surface area contributed by atoms with Crippen LogP contribution in [-0.2, 0) is 5.60 Å². The van der Waals surface area contributed by atoms with Gasteiger partial charge in [-0.3, -0.25) is 0 Å². The van der Waals surface area contributed by atoms with Gasteiger partial charge in [-0.25, -0.2) is 0 Å². The van der Waals surface area contributed by atoms with Crippen molar-refractivity contribution >= 4 is 28.2 Å². The first-order chi connectivity index (χ1) is 19.3. The Balaban J connectivity index is 1.25. The molecule has 3 nitrogen and oxygen atoms in total. The number of ether oxygens (including phenoxy) is 1. The van der Waals surface area contributed by atoms with E-state index in [0.29, 0.717) is 0 Å². The minimum absolute atomic E-state index is 0.660. The van der Waals surface area contributed by atoms with Crippen molar-refractivity contribution in [2.75, 3.05) is 36.0 Å². The van der Waals surface area contributed by atoms with Crippen LogP contribution in [0.25, 0.3) is 16.8 Å². The smallest absolute Gasteiger partial charge is 0.178 e. The molecule has 0 radical (unpaired) electrons. The lowest BCUT2D eigenvalue weighted by Gasteiger charge is -2.37. The van der Waals surface area contributed by atoms with Crippen LogP contribution in [0.2, 0.25) is 0 Å². The van der Waals surface area contributed by atoms with E-state index < -0.39 is 5.60 Å². The molecule has 3 aliphatic heterocycles. The molecule has 0 aliphatic carbocycles. The summed E-state index contributed by atoms with van der Waals surface area (Å²) in [4.78, 5) is 5.07. The highest BCUT2D eigenvalue weighted by atomic mass is 16.5. The molecular formula is C36H38N2O. The molecule has 1 atom stereocenters. The van der Waals surface area contributed by atoms with Gasteiger partial charge in [-0.1, -0.05) is 73.9 Å². The standard InChI is InChI=1S/C36H38N2O/c1-2-7-23-37(24-8-3-1)31-16-14-30(15-17-31)36(29-11-5-4-6-12-29)22-21-34-33-19-18-32(38-25-9-10-26-38)27-28(33)13-20-35(34)39-36/h4-6,11-22,27H,1-3,7-10,23-26H2. The van der Waals surface area contributed by atoms with Gasteiger partial charge in [-0.2, -0.15) is 0 Å². The van der Waals surface area contributed by atoms with Gasteiger partial charge in [0.15, 0.2) is 5.60 Å². The first-order valence-corrected chi connectivity index (χ1v) is 14.9. The van der Waals surface area contributed by atoms with Gasteiger partial charge in [-0.15, -0.1) is 0 Å². The second kappa shape index (κ2) is 10.4. The third-order valence-corrected chi connectivity index (χ3v) is 8.95. The molecule has 0 aromatic heterocycles. The SMILES string of the molecule is C1=CC(c2ccccc2)(c2ccc(N3CCCCCCC3)cc2)Oc2ccc3cc(N4CCCC4)ccc3c21. The Morgan fingerprint density at radius 3 is 1.92 bits per heavy atom. The van der Waals surface area contributed by atoms with Crippen LogP contribution >= 0.6 is 0 Å². The van der Waals surface area contributed by atoms with E-state index in [2.05, 4.69) is 107 Å². The monoisotopic (exact) mass is 514 g/mol. The molecule has 2 saturated heterocycles. The Labute approximate surface area is 232 Å². The fraction of sp³-hybridized carbons (Fsp3) is 0.333. The fourth-order valence-corrected chi connectivity index (χ4v) is 6.75. The summed E-state index contributed by atoms with van der Waals surface area (Å²) in [6.45, 7) is 4.63. The molecule has 2 fully saturated rings. The van der Waals surface area contributed by atoms with Crippen LogP contribution in [0.5, 0.6) is 5.75 Å². The topological polar surface area (TPSA) is 15.7 Å². The summed E-state index contributed by atoms with van der Waals surface area (Å²) in [6, 6.07) is 31.1. The summed E-state index contributed by atoms with van der Waals surface area (Å²) < 4.78 is 7.04. The zero-order valence-electron chi connectivity index (χ0n) is 22.8. The van der Waals surface area contributed by atoms with Gasteiger partial charge in [0.25, 0.3) is 0 Å². The predicted octanol–water partition coefficient (Wildman–Crippen LogP) is 8.56. The first-order valence-electron chi connectivity index (χ1n) is 14.9. The molecule has 3 heterocycles. The van der Waals surface area contributed by atoms with Crippen molar-refractivity contribution in [3.05, 3.63) is 108 Å². The average molecular weight is 515 g/mol. The molecule has 198 valence electrons. The highest BCUT2D eigenvalue weighted by Crippen LogP contribution is 2.45. The highest BCUT2D eigenvalue weighted by Gasteiger charge is 2.37. The minimum Gasteiger partial charge on any atom is -0.473 e. The second-order valence-corrected chi connectivity index (χ2v) is 11.4. The predicted molar refractivity (Wildman–Crippen MR) is 164 cm³/mol. The Hall–Kier alpha value is -3.72. The van der Waals surface area contributed by atoms with E-state index in [4.69, 9.17) is 4.74 Å². The third-order valence-electron chi connectivity index (χ3n) is 8.95. The molecule has 0 saturated carbocycles. The largest absolute Gasteiger partial charge is 0.473 e. The van der Waals surface area contributed by atoms with E-state index in [9.17, 15) is 0 Å². The molecule has 3 heteroatoms. The van der Waals surface area contributed by atoms with Crippen molar-refractivity contribution in [1.82, 2.24) is 0 Å².